The van der Waals surface area contributed by atoms with Crippen LogP contribution in [0.2, 0.25) is 0 Å². The Morgan fingerprint density at radius 3 is 2.36 bits per heavy atom. The number of hydrogen-bond donors (Lipinski definition) is 1. The van der Waals surface area contributed by atoms with Crippen molar-refractivity contribution in [2.24, 2.45) is 0 Å². The molecular weight excluding hydrogens is 418 g/mol. The highest BCUT2D eigenvalue weighted by atomic mass is 16.6. The Morgan fingerprint density at radius 1 is 0.909 bits per heavy atom. The number of amides is 1. The SMILES string of the molecule is CCC(C)OC(=O)C(CCC(=O)c1cccc2ccccc12)NC(=O)OCc1ccccc1. The predicted molar refractivity (Wildman–Crippen MR) is 127 cm³/mol. The van der Waals surface area contributed by atoms with Crippen molar-refractivity contribution in [2.75, 3.05) is 0 Å². The first kappa shape index (κ1) is 24.0. The largest absolute Gasteiger partial charge is 0.461 e. The highest BCUT2D eigenvalue weighted by Gasteiger charge is 2.26. The molecule has 6 heteroatoms. The van der Waals surface area contributed by atoms with E-state index < -0.39 is 18.1 Å². The summed E-state index contributed by atoms with van der Waals surface area (Å²) in [6.07, 6.45) is -0.199. The van der Waals surface area contributed by atoms with E-state index in [4.69, 9.17) is 9.47 Å². The maximum Gasteiger partial charge on any atom is 0.408 e. The fourth-order valence-corrected chi connectivity index (χ4v) is 3.40. The Labute approximate surface area is 193 Å². The molecule has 0 saturated heterocycles. The van der Waals surface area contributed by atoms with Crippen LogP contribution in [-0.4, -0.2) is 30.0 Å². The Morgan fingerprint density at radius 2 is 1.61 bits per heavy atom. The number of fused-ring (bicyclic) bond motifs is 1. The molecular formula is C27H29NO5. The van der Waals surface area contributed by atoms with Gasteiger partial charge < -0.3 is 14.8 Å². The number of ether oxygens (including phenoxy) is 2. The van der Waals surface area contributed by atoms with Gasteiger partial charge in [-0.2, -0.15) is 0 Å². The molecule has 0 fully saturated rings. The lowest BCUT2D eigenvalue weighted by Gasteiger charge is -2.20. The number of alkyl carbamates (subject to hydrolysis) is 1. The summed E-state index contributed by atoms with van der Waals surface area (Å²) in [6.45, 7) is 3.76. The number of Topliss-reactive ketones (excluding diaryl/α,β-unsaturated/α-hetero) is 1. The van der Waals surface area contributed by atoms with E-state index in [1.165, 1.54) is 0 Å². The van der Waals surface area contributed by atoms with Crippen LogP contribution in [0.25, 0.3) is 10.8 Å². The van der Waals surface area contributed by atoms with E-state index in [2.05, 4.69) is 5.32 Å². The molecule has 3 aromatic rings. The third-order valence-electron chi connectivity index (χ3n) is 5.43. The van der Waals surface area contributed by atoms with Crippen LogP contribution < -0.4 is 5.32 Å². The van der Waals surface area contributed by atoms with Crippen molar-refractivity contribution in [3.05, 3.63) is 83.9 Å². The first-order valence-corrected chi connectivity index (χ1v) is 11.2. The quantitative estimate of drug-likeness (QED) is 0.331. The summed E-state index contributed by atoms with van der Waals surface area (Å²) in [6, 6.07) is 21.5. The van der Waals surface area contributed by atoms with Gasteiger partial charge in [-0.15, -0.1) is 0 Å². The zero-order valence-corrected chi connectivity index (χ0v) is 19.0. The van der Waals surface area contributed by atoms with Crippen LogP contribution in [0.5, 0.6) is 0 Å². The average Bonchev–Trinajstić information content (AvgIpc) is 2.85. The molecule has 33 heavy (non-hydrogen) atoms. The lowest BCUT2D eigenvalue weighted by Crippen LogP contribution is -2.43. The summed E-state index contributed by atoms with van der Waals surface area (Å²) in [4.78, 5) is 38.0. The van der Waals surface area contributed by atoms with Crippen molar-refractivity contribution in [1.82, 2.24) is 5.32 Å². The molecule has 1 N–H and O–H groups in total. The van der Waals surface area contributed by atoms with E-state index in [0.29, 0.717) is 12.0 Å². The van der Waals surface area contributed by atoms with Crippen LogP contribution in [0.3, 0.4) is 0 Å². The van der Waals surface area contributed by atoms with Crippen LogP contribution in [0, 0.1) is 0 Å². The summed E-state index contributed by atoms with van der Waals surface area (Å²) in [5, 5.41) is 4.40. The first-order valence-electron chi connectivity index (χ1n) is 11.2. The maximum absolute atomic E-state index is 13.0. The van der Waals surface area contributed by atoms with Gasteiger partial charge in [-0.3, -0.25) is 4.79 Å². The molecule has 0 aromatic heterocycles. The Balaban J connectivity index is 1.66. The molecule has 3 rings (SSSR count). The third-order valence-corrected chi connectivity index (χ3v) is 5.43. The normalized spacial score (nSPS) is 12.5. The molecule has 2 unspecified atom stereocenters. The van der Waals surface area contributed by atoms with E-state index in [1.807, 2.05) is 73.7 Å². The number of nitrogens with one attached hydrogen (secondary N) is 1. The predicted octanol–water partition coefficient (Wildman–Crippen LogP) is 5.44. The molecule has 0 radical (unpaired) electrons. The van der Waals surface area contributed by atoms with Gasteiger partial charge in [-0.25, -0.2) is 9.59 Å². The van der Waals surface area contributed by atoms with Crippen molar-refractivity contribution in [1.29, 1.82) is 0 Å². The summed E-state index contributed by atoms with van der Waals surface area (Å²) in [5.74, 6) is -0.681. The Hall–Kier alpha value is -3.67. The molecule has 0 aliphatic carbocycles. The van der Waals surface area contributed by atoms with Crippen molar-refractivity contribution in [3.63, 3.8) is 0 Å². The molecule has 0 aliphatic heterocycles. The van der Waals surface area contributed by atoms with E-state index in [0.717, 1.165) is 16.3 Å². The van der Waals surface area contributed by atoms with Crippen LogP contribution in [0.1, 0.15) is 49.0 Å². The number of esters is 1. The highest BCUT2D eigenvalue weighted by molar-refractivity contribution is 6.08. The van der Waals surface area contributed by atoms with Gasteiger partial charge in [0.2, 0.25) is 0 Å². The van der Waals surface area contributed by atoms with Gasteiger partial charge >= 0.3 is 12.1 Å². The standard InChI is InChI=1S/C27H29NO5/c1-3-19(2)33-26(30)24(28-27(31)32-18-20-10-5-4-6-11-20)16-17-25(29)23-15-9-13-21-12-7-8-14-22(21)23/h4-15,19,24H,3,16-18H2,1-2H3,(H,28,31). The molecule has 0 spiro atoms. The topological polar surface area (TPSA) is 81.7 Å². The van der Waals surface area contributed by atoms with Gasteiger partial charge in [-0.1, -0.05) is 79.7 Å². The monoisotopic (exact) mass is 447 g/mol. The average molecular weight is 448 g/mol. The number of ketones is 1. The minimum Gasteiger partial charge on any atom is -0.461 e. The van der Waals surface area contributed by atoms with Crippen LogP contribution >= 0.6 is 0 Å². The molecule has 0 bridgehead atoms. The zero-order valence-electron chi connectivity index (χ0n) is 19.0. The number of rotatable bonds is 10. The van der Waals surface area contributed by atoms with Gasteiger partial charge in [0.15, 0.2) is 5.78 Å². The minimum absolute atomic E-state index is 0.0766. The Kier molecular flexibility index (Phi) is 8.58. The molecule has 6 nitrogen and oxygen atoms in total. The van der Waals surface area contributed by atoms with Crippen molar-refractivity contribution < 1.29 is 23.9 Å². The van der Waals surface area contributed by atoms with E-state index in [-0.39, 0.29) is 31.3 Å². The summed E-state index contributed by atoms with van der Waals surface area (Å²) in [5.41, 5.74) is 1.42. The molecule has 0 heterocycles. The fraction of sp³-hybridized carbons (Fsp3) is 0.296. The molecule has 0 saturated carbocycles. The molecule has 0 aliphatic rings. The Bertz CT molecular complexity index is 1090. The second-order valence-corrected chi connectivity index (χ2v) is 7.90. The number of benzene rings is 3. The van der Waals surface area contributed by atoms with Crippen LogP contribution in [0.4, 0.5) is 4.79 Å². The van der Waals surface area contributed by atoms with Crippen LogP contribution in [0.15, 0.2) is 72.8 Å². The minimum atomic E-state index is -0.985. The van der Waals surface area contributed by atoms with Crippen LogP contribution in [-0.2, 0) is 20.9 Å². The zero-order chi connectivity index (χ0) is 23.6. The van der Waals surface area contributed by atoms with Gasteiger partial charge in [0, 0.05) is 12.0 Å². The van der Waals surface area contributed by atoms with Gasteiger partial charge in [-0.05, 0) is 36.1 Å². The van der Waals surface area contributed by atoms with Gasteiger partial charge in [0.25, 0.3) is 0 Å². The smallest absolute Gasteiger partial charge is 0.408 e. The lowest BCUT2D eigenvalue weighted by molar-refractivity contribution is -0.151. The van der Waals surface area contributed by atoms with E-state index in [9.17, 15) is 14.4 Å². The number of hydrogen-bond acceptors (Lipinski definition) is 5. The molecule has 3 aromatic carbocycles. The fourth-order valence-electron chi connectivity index (χ4n) is 3.40. The van der Waals surface area contributed by atoms with E-state index in [1.54, 1.807) is 13.0 Å². The summed E-state index contributed by atoms with van der Waals surface area (Å²) < 4.78 is 10.7. The molecule has 172 valence electrons. The van der Waals surface area contributed by atoms with Crippen molar-refractivity contribution >= 4 is 28.6 Å². The third kappa shape index (κ3) is 6.91. The highest BCUT2D eigenvalue weighted by Crippen LogP contribution is 2.21. The second-order valence-electron chi connectivity index (χ2n) is 7.90. The lowest BCUT2D eigenvalue weighted by atomic mass is 9.97. The van der Waals surface area contributed by atoms with Gasteiger partial charge in [0.1, 0.15) is 12.6 Å². The molecule has 2 atom stereocenters. The molecule has 1 amide bonds. The van der Waals surface area contributed by atoms with E-state index >= 15 is 0 Å². The first-order chi connectivity index (χ1) is 16.0. The second kappa shape index (κ2) is 11.8. The van der Waals surface area contributed by atoms with Gasteiger partial charge in [0.05, 0.1) is 6.10 Å². The van der Waals surface area contributed by atoms with Crippen molar-refractivity contribution in [2.45, 2.75) is 51.9 Å². The van der Waals surface area contributed by atoms with Crippen molar-refractivity contribution in [3.8, 4) is 0 Å². The maximum atomic E-state index is 13.0. The number of carbonyl (C=O) groups is 3. The number of carbonyl (C=O) groups excluding carboxylic acids is 3. The summed E-state index contributed by atoms with van der Waals surface area (Å²) >= 11 is 0. The summed E-state index contributed by atoms with van der Waals surface area (Å²) in [7, 11) is 0.